The Kier molecular flexibility index (Phi) is 6.95. The first-order valence-electron chi connectivity index (χ1n) is 11.1. The first-order chi connectivity index (χ1) is 16.2. The average molecular weight is 479 g/mol. The first kappa shape index (κ1) is 23.9. The Bertz CT molecular complexity index is 1250. The van der Waals surface area contributed by atoms with Crippen LogP contribution in [0.15, 0.2) is 48.6 Å². The summed E-state index contributed by atoms with van der Waals surface area (Å²) in [5, 5.41) is 22.9. The van der Waals surface area contributed by atoms with Crippen LogP contribution in [-0.2, 0) is 16.6 Å². The quantitative estimate of drug-likeness (QED) is 0.432. The molecule has 0 saturated carbocycles. The number of aliphatic hydroxyl groups is 1. The van der Waals surface area contributed by atoms with Crippen LogP contribution in [0, 0.1) is 20.8 Å². The molecule has 34 heavy (non-hydrogen) atoms. The predicted octanol–water partition coefficient (Wildman–Crippen LogP) is 4.37. The molecule has 2 heterocycles. The smallest absolute Gasteiger partial charge is 0.309 e. The van der Waals surface area contributed by atoms with Crippen LogP contribution in [0.3, 0.4) is 0 Å². The Morgan fingerprint density at radius 1 is 1.18 bits per heavy atom. The largest absolute Gasteiger partial charge is 0.458 e. The lowest BCUT2D eigenvalue weighted by Gasteiger charge is -2.24. The molecular formula is C26H27ClN4O3. The van der Waals surface area contributed by atoms with Crippen molar-refractivity contribution >= 4 is 28.7 Å². The van der Waals surface area contributed by atoms with Gasteiger partial charge in [-0.2, -0.15) is 0 Å². The fraction of sp³-hybridized carbons (Fsp3) is 0.308. The number of tetrazole rings is 1. The molecule has 176 valence electrons. The van der Waals surface area contributed by atoms with E-state index in [-0.39, 0.29) is 6.42 Å². The number of aromatic nitrogens is 4. The first-order valence-corrected chi connectivity index (χ1v) is 11.5. The molecule has 2 aromatic carbocycles. The van der Waals surface area contributed by atoms with Gasteiger partial charge in [-0.15, -0.1) is 5.10 Å². The number of benzene rings is 2. The van der Waals surface area contributed by atoms with Crippen LogP contribution < -0.4 is 0 Å². The molecule has 1 N–H and O–H groups in total. The highest BCUT2D eigenvalue weighted by molar-refractivity contribution is 6.30. The van der Waals surface area contributed by atoms with Gasteiger partial charge in [-0.25, -0.2) is 4.68 Å². The SMILES string of the molecule is Cc1cc(C)c(C(=C(/C=C/[C@@H]2C[C@@H](O)CC(=O)O2)c2nnnn2C)c2ccc(Cl)cc2)c(C)c1. The number of esters is 1. The van der Waals surface area contributed by atoms with Gasteiger partial charge in [0.2, 0.25) is 0 Å². The molecule has 2 atom stereocenters. The Morgan fingerprint density at radius 2 is 1.85 bits per heavy atom. The standard InChI is InChI=1S/C26H27ClN4O3/c1-15-11-16(2)24(17(3)12-15)25(18-5-7-19(27)8-6-18)22(26-28-29-30-31(26)4)10-9-21-13-20(32)14-23(33)34-21/h5-12,20-21,32H,13-14H2,1-4H3/b10-9+,25-22?/t20-,21-/m1/s1. The molecule has 1 aliphatic heterocycles. The van der Waals surface area contributed by atoms with Crippen LogP contribution in [0.5, 0.6) is 0 Å². The summed E-state index contributed by atoms with van der Waals surface area (Å²) in [6.45, 7) is 6.24. The fourth-order valence-corrected chi connectivity index (χ4v) is 4.61. The number of cyclic esters (lactones) is 1. The normalized spacial score (nSPS) is 19.3. The van der Waals surface area contributed by atoms with E-state index >= 15 is 0 Å². The zero-order valence-electron chi connectivity index (χ0n) is 19.6. The predicted molar refractivity (Wildman–Crippen MR) is 131 cm³/mol. The summed E-state index contributed by atoms with van der Waals surface area (Å²) in [5.41, 5.74) is 7.12. The monoisotopic (exact) mass is 478 g/mol. The lowest BCUT2D eigenvalue weighted by atomic mass is 9.86. The number of rotatable bonds is 5. The molecule has 0 spiro atoms. The molecule has 1 aliphatic rings. The van der Waals surface area contributed by atoms with E-state index in [0.29, 0.717) is 17.3 Å². The minimum atomic E-state index is -0.725. The van der Waals surface area contributed by atoms with Crippen LogP contribution in [0.2, 0.25) is 5.02 Å². The van der Waals surface area contributed by atoms with Crippen molar-refractivity contribution in [3.8, 4) is 0 Å². The number of hydrogen-bond acceptors (Lipinski definition) is 6. The van der Waals surface area contributed by atoms with Crippen LogP contribution in [0.25, 0.3) is 11.1 Å². The summed E-state index contributed by atoms with van der Waals surface area (Å²) in [6.07, 6.45) is 2.75. The van der Waals surface area contributed by atoms with Crippen molar-refractivity contribution in [3.63, 3.8) is 0 Å². The summed E-state index contributed by atoms with van der Waals surface area (Å²) in [5.74, 6) is 0.144. The number of ether oxygens (including phenoxy) is 1. The van der Waals surface area contributed by atoms with E-state index in [1.165, 1.54) is 5.56 Å². The van der Waals surface area contributed by atoms with Crippen molar-refractivity contribution in [2.75, 3.05) is 0 Å². The summed E-state index contributed by atoms with van der Waals surface area (Å²) < 4.78 is 7.05. The highest BCUT2D eigenvalue weighted by Gasteiger charge is 2.26. The molecule has 1 saturated heterocycles. The van der Waals surface area contributed by atoms with Gasteiger partial charge in [0, 0.05) is 29.6 Å². The third-order valence-corrected chi connectivity index (χ3v) is 6.11. The fourth-order valence-electron chi connectivity index (χ4n) is 4.48. The van der Waals surface area contributed by atoms with Gasteiger partial charge in [0.1, 0.15) is 6.10 Å². The molecular weight excluding hydrogens is 452 g/mol. The topological polar surface area (TPSA) is 90.1 Å². The van der Waals surface area contributed by atoms with Gasteiger partial charge in [0.15, 0.2) is 5.82 Å². The van der Waals surface area contributed by atoms with E-state index in [2.05, 4.69) is 48.4 Å². The Labute approximate surface area is 203 Å². The van der Waals surface area contributed by atoms with Gasteiger partial charge in [-0.05, 0) is 71.7 Å². The maximum absolute atomic E-state index is 11.9. The molecule has 7 nitrogen and oxygen atoms in total. The lowest BCUT2D eigenvalue weighted by Crippen LogP contribution is -2.31. The van der Waals surface area contributed by atoms with Gasteiger partial charge >= 0.3 is 5.97 Å². The molecule has 1 aromatic heterocycles. The van der Waals surface area contributed by atoms with Gasteiger partial charge in [-0.3, -0.25) is 4.79 Å². The summed E-state index contributed by atoms with van der Waals surface area (Å²) in [4.78, 5) is 11.9. The maximum atomic E-state index is 11.9. The van der Waals surface area contributed by atoms with E-state index < -0.39 is 18.2 Å². The van der Waals surface area contributed by atoms with Gasteiger partial charge < -0.3 is 9.84 Å². The number of nitrogens with zero attached hydrogens (tertiary/aromatic N) is 4. The van der Waals surface area contributed by atoms with Crippen LogP contribution >= 0.6 is 11.6 Å². The number of hydrogen-bond donors (Lipinski definition) is 1. The number of halogens is 1. The Hall–Kier alpha value is -3.29. The molecule has 1 fully saturated rings. The molecule has 0 amide bonds. The second-order valence-electron chi connectivity index (χ2n) is 8.68. The molecule has 0 unspecified atom stereocenters. The highest BCUT2D eigenvalue weighted by Crippen LogP contribution is 2.37. The molecule has 0 radical (unpaired) electrons. The van der Waals surface area contributed by atoms with Gasteiger partial charge in [0.25, 0.3) is 0 Å². The van der Waals surface area contributed by atoms with Crippen molar-refractivity contribution in [3.05, 3.63) is 87.2 Å². The van der Waals surface area contributed by atoms with E-state index in [1.54, 1.807) is 17.8 Å². The van der Waals surface area contributed by atoms with Crippen LogP contribution in [0.1, 0.15) is 46.5 Å². The van der Waals surface area contributed by atoms with Crippen LogP contribution in [-0.4, -0.2) is 43.5 Å². The number of aryl methyl sites for hydroxylation is 4. The number of carbonyl (C=O) groups excluding carboxylic acids is 1. The molecule has 8 heteroatoms. The Morgan fingerprint density at radius 3 is 2.44 bits per heavy atom. The van der Waals surface area contributed by atoms with E-state index in [1.807, 2.05) is 30.3 Å². The van der Waals surface area contributed by atoms with Gasteiger partial charge in [-0.1, -0.05) is 47.5 Å². The van der Waals surface area contributed by atoms with E-state index in [0.717, 1.165) is 33.4 Å². The Balaban J connectivity index is 1.99. The van der Waals surface area contributed by atoms with Crippen molar-refractivity contribution in [1.82, 2.24) is 20.2 Å². The van der Waals surface area contributed by atoms with Crippen molar-refractivity contribution in [1.29, 1.82) is 0 Å². The third kappa shape index (κ3) is 5.11. The second kappa shape index (κ2) is 9.91. The lowest BCUT2D eigenvalue weighted by molar-refractivity contribution is -0.156. The number of allylic oxidation sites excluding steroid dienone is 2. The van der Waals surface area contributed by atoms with Gasteiger partial charge in [0.05, 0.1) is 12.5 Å². The minimum Gasteiger partial charge on any atom is -0.458 e. The molecule has 0 bridgehead atoms. The van der Waals surface area contributed by atoms with Crippen molar-refractivity contribution in [2.45, 2.75) is 45.8 Å². The maximum Gasteiger partial charge on any atom is 0.309 e. The van der Waals surface area contributed by atoms with E-state index in [9.17, 15) is 9.90 Å². The zero-order valence-corrected chi connectivity index (χ0v) is 20.4. The van der Waals surface area contributed by atoms with Crippen molar-refractivity contribution in [2.24, 2.45) is 7.05 Å². The van der Waals surface area contributed by atoms with E-state index in [4.69, 9.17) is 16.3 Å². The second-order valence-corrected chi connectivity index (χ2v) is 9.11. The minimum absolute atomic E-state index is 0.0119. The zero-order chi connectivity index (χ0) is 24.4. The van der Waals surface area contributed by atoms with Crippen molar-refractivity contribution < 1.29 is 14.6 Å². The molecule has 3 aromatic rings. The number of carbonyl (C=O) groups is 1. The molecule has 0 aliphatic carbocycles. The summed E-state index contributed by atoms with van der Waals surface area (Å²) in [6, 6.07) is 11.9. The molecule has 4 rings (SSSR count). The summed E-state index contributed by atoms with van der Waals surface area (Å²) >= 11 is 6.20. The summed E-state index contributed by atoms with van der Waals surface area (Å²) in [7, 11) is 1.78. The third-order valence-electron chi connectivity index (χ3n) is 5.86. The van der Waals surface area contributed by atoms with Crippen LogP contribution in [0.4, 0.5) is 0 Å². The average Bonchev–Trinajstić information content (AvgIpc) is 3.18. The highest BCUT2D eigenvalue weighted by atomic mass is 35.5. The number of aliphatic hydroxyl groups excluding tert-OH is 1.